The molecule has 0 aliphatic heterocycles. The van der Waals surface area contributed by atoms with Crippen LogP contribution in [-0.4, -0.2) is 30.3 Å². The van der Waals surface area contributed by atoms with Crippen LogP contribution in [0.4, 0.5) is 6.01 Å². The standard InChI is InChI=1S/C11H22N4O/c1-5-12-8-10-13-14-11(16-10)15(4)7-6-9(2)3/h9,12H,5-8H2,1-4H3. The average molecular weight is 226 g/mol. The summed E-state index contributed by atoms with van der Waals surface area (Å²) < 4.78 is 5.52. The van der Waals surface area contributed by atoms with Gasteiger partial charge >= 0.3 is 6.01 Å². The molecule has 0 aromatic carbocycles. The largest absolute Gasteiger partial charge is 0.407 e. The summed E-state index contributed by atoms with van der Waals surface area (Å²) in [6, 6.07) is 0.605. The second kappa shape index (κ2) is 6.48. The van der Waals surface area contributed by atoms with Crippen molar-refractivity contribution >= 4 is 6.01 Å². The van der Waals surface area contributed by atoms with E-state index < -0.39 is 0 Å². The fraction of sp³-hybridized carbons (Fsp3) is 0.818. The number of aromatic nitrogens is 2. The fourth-order valence-electron chi connectivity index (χ4n) is 1.25. The zero-order valence-electron chi connectivity index (χ0n) is 10.7. The molecule has 0 amide bonds. The highest BCUT2D eigenvalue weighted by atomic mass is 16.4. The summed E-state index contributed by atoms with van der Waals surface area (Å²) in [6.07, 6.45) is 1.13. The summed E-state index contributed by atoms with van der Waals surface area (Å²) in [5.41, 5.74) is 0. The average Bonchev–Trinajstić information content (AvgIpc) is 2.71. The molecule has 16 heavy (non-hydrogen) atoms. The quantitative estimate of drug-likeness (QED) is 0.766. The number of hydrogen-bond acceptors (Lipinski definition) is 5. The third kappa shape index (κ3) is 4.18. The van der Waals surface area contributed by atoms with E-state index >= 15 is 0 Å². The van der Waals surface area contributed by atoms with Crippen LogP contribution < -0.4 is 10.2 Å². The Morgan fingerprint density at radius 2 is 2.12 bits per heavy atom. The van der Waals surface area contributed by atoms with Crippen molar-refractivity contribution in [3.63, 3.8) is 0 Å². The summed E-state index contributed by atoms with van der Waals surface area (Å²) in [5, 5.41) is 11.1. The summed E-state index contributed by atoms with van der Waals surface area (Å²) in [4.78, 5) is 2.00. The van der Waals surface area contributed by atoms with Gasteiger partial charge in [0.1, 0.15) is 0 Å². The van der Waals surface area contributed by atoms with Crippen LogP contribution in [0.5, 0.6) is 0 Å². The Morgan fingerprint density at radius 3 is 2.75 bits per heavy atom. The van der Waals surface area contributed by atoms with E-state index in [1.54, 1.807) is 0 Å². The molecule has 0 radical (unpaired) electrons. The van der Waals surface area contributed by atoms with Crippen molar-refractivity contribution in [1.82, 2.24) is 15.5 Å². The maximum absolute atomic E-state index is 5.52. The van der Waals surface area contributed by atoms with E-state index in [0.29, 0.717) is 24.4 Å². The van der Waals surface area contributed by atoms with E-state index in [4.69, 9.17) is 4.42 Å². The van der Waals surface area contributed by atoms with Crippen molar-refractivity contribution in [2.45, 2.75) is 33.7 Å². The molecule has 1 aromatic rings. The minimum atomic E-state index is 0.605. The zero-order chi connectivity index (χ0) is 12.0. The van der Waals surface area contributed by atoms with Gasteiger partial charge in [-0.3, -0.25) is 0 Å². The van der Waals surface area contributed by atoms with E-state index in [1.807, 2.05) is 18.9 Å². The van der Waals surface area contributed by atoms with Crippen LogP contribution in [0.25, 0.3) is 0 Å². The predicted molar refractivity (Wildman–Crippen MR) is 64.4 cm³/mol. The number of rotatable bonds is 7. The Balaban J connectivity index is 2.43. The number of nitrogens with zero attached hydrogens (tertiary/aromatic N) is 3. The monoisotopic (exact) mass is 226 g/mol. The van der Waals surface area contributed by atoms with Gasteiger partial charge in [0.15, 0.2) is 0 Å². The molecule has 1 rings (SSSR count). The molecule has 92 valence electrons. The van der Waals surface area contributed by atoms with Crippen LogP contribution in [0.2, 0.25) is 0 Å². The normalized spacial score (nSPS) is 11.1. The maximum Gasteiger partial charge on any atom is 0.317 e. The molecule has 0 aliphatic rings. The van der Waals surface area contributed by atoms with Gasteiger partial charge in [-0.1, -0.05) is 25.9 Å². The lowest BCUT2D eigenvalue weighted by molar-refractivity contribution is 0.463. The number of hydrogen-bond donors (Lipinski definition) is 1. The van der Waals surface area contributed by atoms with Crippen LogP contribution in [0, 0.1) is 5.92 Å². The molecule has 0 fully saturated rings. The Labute approximate surface area is 97.2 Å². The number of anilines is 1. The lowest BCUT2D eigenvalue weighted by Crippen LogP contribution is -2.20. The van der Waals surface area contributed by atoms with Crippen LogP contribution in [0.1, 0.15) is 33.1 Å². The lowest BCUT2D eigenvalue weighted by Gasteiger charge is -2.14. The Morgan fingerprint density at radius 1 is 1.38 bits per heavy atom. The van der Waals surface area contributed by atoms with Gasteiger partial charge in [-0.05, 0) is 18.9 Å². The zero-order valence-corrected chi connectivity index (χ0v) is 10.7. The molecule has 0 saturated heterocycles. The predicted octanol–water partition coefficient (Wildman–Crippen LogP) is 1.66. The highest BCUT2D eigenvalue weighted by Gasteiger charge is 2.10. The van der Waals surface area contributed by atoms with Crippen molar-refractivity contribution in [3.8, 4) is 0 Å². The first-order valence-corrected chi connectivity index (χ1v) is 5.87. The van der Waals surface area contributed by atoms with Crippen LogP contribution >= 0.6 is 0 Å². The van der Waals surface area contributed by atoms with Gasteiger partial charge in [-0.2, -0.15) is 0 Å². The summed E-state index contributed by atoms with van der Waals surface area (Å²) in [7, 11) is 1.98. The maximum atomic E-state index is 5.52. The molecule has 1 aromatic heterocycles. The Kier molecular flexibility index (Phi) is 5.25. The first-order chi connectivity index (χ1) is 7.63. The summed E-state index contributed by atoms with van der Waals surface area (Å²) in [5.74, 6) is 1.33. The summed E-state index contributed by atoms with van der Waals surface area (Å²) in [6.45, 7) is 8.95. The molecule has 0 unspecified atom stereocenters. The molecule has 1 heterocycles. The van der Waals surface area contributed by atoms with E-state index in [2.05, 4.69) is 29.4 Å². The van der Waals surface area contributed by atoms with Gasteiger partial charge in [0, 0.05) is 13.6 Å². The molecular weight excluding hydrogens is 204 g/mol. The highest BCUT2D eigenvalue weighted by Crippen LogP contribution is 2.12. The van der Waals surface area contributed by atoms with E-state index in [9.17, 15) is 0 Å². The van der Waals surface area contributed by atoms with Crippen molar-refractivity contribution in [2.75, 3.05) is 25.0 Å². The van der Waals surface area contributed by atoms with Gasteiger partial charge in [0.05, 0.1) is 6.54 Å². The number of nitrogens with one attached hydrogen (secondary N) is 1. The molecular formula is C11H22N4O. The van der Waals surface area contributed by atoms with Gasteiger partial charge in [-0.15, -0.1) is 5.10 Å². The molecule has 0 aliphatic carbocycles. The molecule has 0 bridgehead atoms. The Hall–Kier alpha value is -1.10. The fourth-order valence-corrected chi connectivity index (χ4v) is 1.25. The molecule has 0 spiro atoms. The van der Waals surface area contributed by atoms with Gasteiger partial charge in [0.2, 0.25) is 5.89 Å². The topological polar surface area (TPSA) is 54.2 Å². The third-order valence-corrected chi connectivity index (χ3v) is 2.35. The van der Waals surface area contributed by atoms with Crippen molar-refractivity contribution in [3.05, 3.63) is 5.89 Å². The van der Waals surface area contributed by atoms with E-state index in [1.165, 1.54) is 0 Å². The molecule has 0 atom stereocenters. The van der Waals surface area contributed by atoms with Crippen molar-refractivity contribution in [1.29, 1.82) is 0 Å². The van der Waals surface area contributed by atoms with Gasteiger partial charge in [-0.25, -0.2) is 0 Å². The molecule has 5 heteroatoms. The van der Waals surface area contributed by atoms with Crippen LogP contribution in [-0.2, 0) is 6.54 Å². The highest BCUT2D eigenvalue weighted by molar-refractivity contribution is 5.21. The van der Waals surface area contributed by atoms with Crippen LogP contribution in [0.15, 0.2) is 4.42 Å². The Bertz CT molecular complexity index is 298. The molecule has 5 nitrogen and oxygen atoms in total. The van der Waals surface area contributed by atoms with Crippen molar-refractivity contribution < 1.29 is 4.42 Å². The summed E-state index contributed by atoms with van der Waals surface area (Å²) >= 11 is 0. The van der Waals surface area contributed by atoms with E-state index in [-0.39, 0.29) is 0 Å². The smallest absolute Gasteiger partial charge is 0.317 e. The SMILES string of the molecule is CCNCc1nnc(N(C)CCC(C)C)o1. The second-order valence-corrected chi connectivity index (χ2v) is 4.36. The van der Waals surface area contributed by atoms with Gasteiger partial charge in [0.25, 0.3) is 0 Å². The minimum absolute atomic E-state index is 0.605. The second-order valence-electron chi connectivity index (χ2n) is 4.36. The first kappa shape index (κ1) is 13.0. The molecule has 0 saturated carbocycles. The van der Waals surface area contributed by atoms with Crippen LogP contribution in [0.3, 0.4) is 0 Å². The van der Waals surface area contributed by atoms with Crippen molar-refractivity contribution in [2.24, 2.45) is 5.92 Å². The van der Waals surface area contributed by atoms with E-state index in [0.717, 1.165) is 19.5 Å². The van der Waals surface area contributed by atoms with Gasteiger partial charge < -0.3 is 14.6 Å². The first-order valence-electron chi connectivity index (χ1n) is 5.87. The minimum Gasteiger partial charge on any atom is -0.407 e. The lowest BCUT2D eigenvalue weighted by atomic mass is 10.1. The third-order valence-electron chi connectivity index (χ3n) is 2.35. The molecule has 1 N–H and O–H groups in total.